The Bertz CT molecular complexity index is 685. The van der Waals surface area contributed by atoms with Gasteiger partial charge in [-0.25, -0.2) is 0 Å². The van der Waals surface area contributed by atoms with Crippen molar-refractivity contribution in [3.63, 3.8) is 0 Å². The van der Waals surface area contributed by atoms with Crippen LogP contribution in [0.4, 0.5) is 0 Å². The molecule has 0 spiro atoms. The summed E-state index contributed by atoms with van der Waals surface area (Å²) in [6.45, 7) is 4.37. The number of halogens is 1. The van der Waals surface area contributed by atoms with Crippen molar-refractivity contribution in [3.8, 4) is 11.5 Å². The summed E-state index contributed by atoms with van der Waals surface area (Å²) in [5, 5.41) is 2.85. The Labute approximate surface area is 139 Å². The van der Waals surface area contributed by atoms with Gasteiger partial charge in [-0.05, 0) is 41.1 Å². The number of rotatable bonds is 2. The van der Waals surface area contributed by atoms with E-state index in [9.17, 15) is 0 Å². The Balaban J connectivity index is 1.54. The minimum absolute atomic E-state index is 0.655. The van der Waals surface area contributed by atoms with Crippen molar-refractivity contribution in [3.05, 3.63) is 44.6 Å². The smallest absolute Gasteiger partial charge is 0.179 e. The van der Waals surface area contributed by atoms with Crippen LogP contribution < -0.4 is 9.47 Å². The van der Waals surface area contributed by atoms with Gasteiger partial charge in [0.2, 0.25) is 0 Å². The molecule has 0 fully saturated rings. The van der Waals surface area contributed by atoms with Gasteiger partial charge in [0.05, 0.1) is 18.2 Å². The van der Waals surface area contributed by atoms with E-state index in [2.05, 4.69) is 22.4 Å². The Morgan fingerprint density at radius 3 is 3.09 bits per heavy atom. The first-order valence-electron chi connectivity index (χ1n) is 7.65. The zero-order valence-corrected chi connectivity index (χ0v) is 13.9. The van der Waals surface area contributed by atoms with E-state index in [-0.39, 0.29) is 0 Å². The summed E-state index contributed by atoms with van der Waals surface area (Å²) >= 11 is 8.25. The summed E-state index contributed by atoms with van der Waals surface area (Å²) in [4.78, 5) is 4.00. The van der Waals surface area contributed by atoms with E-state index in [4.69, 9.17) is 21.1 Å². The van der Waals surface area contributed by atoms with Crippen LogP contribution in [0.15, 0.2) is 23.6 Å². The summed E-state index contributed by atoms with van der Waals surface area (Å²) in [6.07, 6.45) is 2.04. The lowest BCUT2D eigenvalue weighted by molar-refractivity contribution is 0.247. The quantitative estimate of drug-likeness (QED) is 0.824. The van der Waals surface area contributed by atoms with Gasteiger partial charge in [0.25, 0.3) is 0 Å². The van der Waals surface area contributed by atoms with E-state index in [1.165, 1.54) is 16.0 Å². The van der Waals surface area contributed by atoms with Gasteiger partial charge in [-0.3, -0.25) is 4.90 Å². The number of benzene rings is 1. The number of thiophene rings is 1. The normalized spacial score (nSPS) is 17.9. The lowest BCUT2D eigenvalue weighted by atomic mass is 10.1. The molecular formula is C17H18ClNO2S. The molecule has 0 unspecified atom stereocenters. The Hall–Kier alpha value is -1.23. The van der Waals surface area contributed by atoms with E-state index < -0.39 is 0 Å². The zero-order chi connectivity index (χ0) is 14.9. The SMILES string of the molecule is Clc1cc(CN2CCc3sccc3C2)cc2c1OCCCO2. The molecule has 3 nitrogen and oxygen atoms in total. The second kappa shape index (κ2) is 6.11. The average Bonchev–Trinajstić information content (AvgIpc) is 2.83. The van der Waals surface area contributed by atoms with Crippen molar-refractivity contribution in [2.45, 2.75) is 25.9 Å². The molecule has 1 aromatic carbocycles. The summed E-state index contributed by atoms with van der Waals surface area (Å²) in [6, 6.07) is 6.33. The van der Waals surface area contributed by atoms with Gasteiger partial charge < -0.3 is 9.47 Å². The second-order valence-electron chi connectivity index (χ2n) is 5.79. The third-order valence-corrected chi connectivity index (χ3v) is 5.46. The number of ether oxygens (including phenoxy) is 2. The molecule has 1 aromatic heterocycles. The van der Waals surface area contributed by atoms with Crippen molar-refractivity contribution in [1.29, 1.82) is 0 Å². The topological polar surface area (TPSA) is 21.7 Å². The van der Waals surface area contributed by atoms with Crippen molar-refractivity contribution in [2.24, 2.45) is 0 Å². The molecule has 5 heteroatoms. The standard InChI is InChI=1S/C17H18ClNO2S/c18-14-8-12(9-15-17(14)21-6-1-5-20-15)10-19-4-2-16-13(11-19)3-7-22-16/h3,7-9H,1-2,4-6,10-11H2. The predicted molar refractivity (Wildman–Crippen MR) is 89.2 cm³/mol. The van der Waals surface area contributed by atoms with E-state index in [1.807, 2.05) is 17.4 Å². The number of fused-ring (bicyclic) bond motifs is 2. The van der Waals surface area contributed by atoms with Crippen LogP contribution in [0.25, 0.3) is 0 Å². The van der Waals surface area contributed by atoms with E-state index in [0.717, 1.165) is 38.2 Å². The highest BCUT2D eigenvalue weighted by Crippen LogP contribution is 2.38. The van der Waals surface area contributed by atoms with Crippen LogP contribution in [0.1, 0.15) is 22.4 Å². The molecule has 0 saturated carbocycles. The molecule has 0 saturated heterocycles. The fourth-order valence-electron chi connectivity index (χ4n) is 3.08. The van der Waals surface area contributed by atoms with Gasteiger partial charge in [-0.15, -0.1) is 11.3 Å². The molecule has 0 N–H and O–H groups in total. The van der Waals surface area contributed by atoms with Crippen molar-refractivity contribution < 1.29 is 9.47 Å². The number of hydrogen-bond donors (Lipinski definition) is 0. The lowest BCUT2D eigenvalue weighted by Crippen LogP contribution is -2.29. The molecule has 2 aromatic rings. The largest absolute Gasteiger partial charge is 0.489 e. The Kier molecular flexibility index (Phi) is 3.99. The van der Waals surface area contributed by atoms with Gasteiger partial charge >= 0.3 is 0 Å². The molecule has 22 heavy (non-hydrogen) atoms. The molecule has 116 valence electrons. The molecule has 0 bridgehead atoms. The van der Waals surface area contributed by atoms with Gasteiger partial charge in [0.1, 0.15) is 0 Å². The summed E-state index contributed by atoms with van der Waals surface area (Å²) in [5.74, 6) is 1.48. The maximum Gasteiger partial charge on any atom is 0.179 e. The molecule has 0 radical (unpaired) electrons. The van der Waals surface area contributed by atoms with Gasteiger partial charge in [-0.1, -0.05) is 11.6 Å². The molecule has 0 amide bonds. The van der Waals surface area contributed by atoms with Gasteiger partial charge in [-0.2, -0.15) is 0 Å². The number of hydrogen-bond acceptors (Lipinski definition) is 4. The van der Waals surface area contributed by atoms with Crippen LogP contribution >= 0.6 is 22.9 Å². The Morgan fingerprint density at radius 1 is 1.23 bits per heavy atom. The van der Waals surface area contributed by atoms with Crippen LogP contribution in [-0.4, -0.2) is 24.7 Å². The van der Waals surface area contributed by atoms with Crippen LogP contribution in [0.3, 0.4) is 0 Å². The summed E-state index contributed by atoms with van der Waals surface area (Å²) in [7, 11) is 0. The minimum Gasteiger partial charge on any atom is -0.489 e. The first kappa shape index (κ1) is 14.4. The first-order valence-corrected chi connectivity index (χ1v) is 8.91. The molecule has 2 aliphatic rings. The zero-order valence-electron chi connectivity index (χ0n) is 12.3. The van der Waals surface area contributed by atoms with E-state index in [0.29, 0.717) is 24.0 Å². The fraction of sp³-hybridized carbons (Fsp3) is 0.412. The van der Waals surface area contributed by atoms with Crippen LogP contribution in [0.5, 0.6) is 11.5 Å². The Morgan fingerprint density at radius 2 is 2.14 bits per heavy atom. The minimum atomic E-state index is 0.655. The average molecular weight is 336 g/mol. The number of nitrogens with zero attached hydrogens (tertiary/aromatic N) is 1. The molecular weight excluding hydrogens is 318 g/mol. The monoisotopic (exact) mass is 335 g/mol. The maximum atomic E-state index is 6.38. The highest BCUT2D eigenvalue weighted by molar-refractivity contribution is 7.10. The third-order valence-electron chi connectivity index (χ3n) is 4.15. The van der Waals surface area contributed by atoms with E-state index >= 15 is 0 Å². The van der Waals surface area contributed by atoms with E-state index in [1.54, 1.807) is 0 Å². The second-order valence-corrected chi connectivity index (χ2v) is 7.19. The third kappa shape index (κ3) is 2.83. The molecule has 4 rings (SSSR count). The van der Waals surface area contributed by atoms with Crippen molar-refractivity contribution in [1.82, 2.24) is 4.90 Å². The van der Waals surface area contributed by atoms with Gasteiger partial charge in [0.15, 0.2) is 11.5 Å². The molecule has 0 atom stereocenters. The fourth-order valence-corrected chi connectivity index (χ4v) is 4.25. The summed E-state index contributed by atoms with van der Waals surface area (Å²) < 4.78 is 11.5. The molecule has 2 aliphatic heterocycles. The highest BCUT2D eigenvalue weighted by Gasteiger charge is 2.20. The van der Waals surface area contributed by atoms with Crippen LogP contribution in [-0.2, 0) is 19.5 Å². The van der Waals surface area contributed by atoms with Crippen LogP contribution in [0.2, 0.25) is 5.02 Å². The predicted octanol–water partition coefficient (Wildman–Crippen LogP) is 4.12. The first-order chi connectivity index (χ1) is 10.8. The van der Waals surface area contributed by atoms with Crippen molar-refractivity contribution >= 4 is 22.9 Å². The van der Waals surface area contributed by atoms with Crippen molar-refractivity contribution in [2.75, 3.05) is 19.8 Å². The van der Waals surface area contributed by atoms with Crippen LogP contribution in [0, 0.1) is 0 Å². The summed E-state index contributed by atoms with van der Waals surface area (Å²) in [5.41, 5.74) is 2.66. The van der Waals surface area contributed by atoms with Gasteiger partial charge in [0, 0.05) is 30.9 Å². The maximum absolute atomic E-state index is 6.38. The lowest BCUT2D eigenvalue weighted by Gasteiger charge is -2.27. The molecule has 3 heterocycles. The molecule has 0 aliphatic carbocycles. The highest BCUT2D eigenvalue weighted by atomic mass is 35.5.